The van der Waals surface area contributed by atoms with Crippen LogP contribution >= 0.6 is 0 Å². The van der Waals surface area contributed by atoms with E-state index in [0.717, 1.165) is 35.1 Å². The summed E-state index contributed by atoms with van der Waals surface area (Å²) in [7, 11) is 0. The van der Waals surface area contributed by atoms with Crippen molar-refractivity contribution in [2.45, 2.75) is 85.4 Å². The van der Waals surface area contributed by atoms with Crippen molar-refractivity contribution in [3.8, 4) is 0 Å². The van der Waals surface area contributed by atoms with Crippen LogP contribution in [0, 0.1) is 17.8 Å². The Morgan fingerprint density at radius 3 is 2.34 bits per heavy atom. The third-order valence-electron chi connectivity index (χ3n) is 11.5. The van der Waals surface area contributed by atoms with Crippen LogP contribution in [-0.4, -0.2) is 32.8 Å². The van der Waals surface area contributed by atoms with Gasteiger partial charge in [-0.15, -0.1) is 0 Å². The van der Waals surface area contributed by atoms with E-state index in [0.29, 0.717) is 22.3 Å². The van der Waals surface area contributed by atoms with E-state index in [1.807, 2.05) is 19.9 Å². The molecular weight excluding hydrogens is 544 g/mol. The normalized spacial score (nSPS) is 31.6. The van der Waals surface area contributed by atoms with E-state index in [2.05, 4.69) is 76.4 Å². The van der Waals surface area contributed by atoms with Crippen molar-refractivity contribution in [2.75, 3.05) is 0 Å². The second kappa shape index (κ2) is 9.89. The zero-order valence-corrected chi connectivity index (χ0v) is 27.1. The molecule has 0 fully saturated rings. The van der Waals surface area contributed by atoms with E-state index in [4.69, 9.17) is 0 Å². The molecule has 228 valence electrons. The first-order valence-corrected chi connectivity index (χ1v) is 15.6. The van der Waals surface area contributed by atoms with Crippen molar-refractivity contribution in [3.05, 3.63) is 129 Å². The van der Waals surface area contributed by atoms with Gasteiger partial charge in [0.1, 0.15) is 5.76 Å². The highest BCUT2D eigenvalue weighted by Gasteiger charge is 2.71. The Morgan fingerprint density at radius 1 is 1.05 bits per heavy atom. The zero-order chi connectivity index (χ0) is 32.1. The molecule has 2 aromatic rings. The molecule has 0 unspecified atom stereocenters. The van der Waals surface area contributed by atoms with Gasteiger partial charge in [0.05, 0.1) is 6.10 Å². The highest BCUT2D eigenvalue weighted by atomic mass is 16.4. The smallest absolute Gasteiger partial charge is 0.203 e. The summed E-state index contributed by atoms with van der Waals surface area (Å²) < 4.78 is 0. The van der Waals surface area contributed by atoms with Crippen molar-refractivity contribution in [1.29, 1.82) is 0 Å². The average molecular weight is 589 g/mol. The van der Waals surface area contributed by atoms with Crippen LogP contribution in [0.4, 0.5) is 0 Å². The van der Waals surface area contributed by atoms with Crippen LogP contribution in [0.2, 0.25) is 0 Å². The molecule has 6 rings (SSSR count). The van der Waals surface area contributed by atoms with E-state index in [9.17, 15) is 20.1 Å². The number of hydrogen-bond donors (Lipinski definition) is 3. The molecule has 0 amide bonds. The zero-order valence-electron chi connectivity index (χ0n) is 27.1. The maximum Gasteiger partial charge on any atom is 0.203 e. The number of aliphatic hydroxyl groups is 3. The topological polar surface area (TPSA) is 77.8 Å². The van der Waals surface area contributed by atoms with Gasteiger partial charge in [-0.25, -0.2) is 0 Å². The molecule has 44 heavy (non-hydrogen) atoms. The van der Waals surface area contributed by atoms with Gasteiger partial charge >= 0.3 is 0 Å². The van der Waals surface area contributed by atoms with Crippen molar-refractivity contribution in [2.24, 2.45) is 10.8 Å². The highest BCUT2D eigenvalue weighted by Crippen LogP contribution is 2.67. The summed E-state index contributed by atoms with van der Waals surface area (Å²) in [5.74, 6) is -1.21. The lowest BCUT2D eigenvalue weighted by Crippen LogP contribution is -2.69. The minimum absolute atomic E-state index is 0.217. The predicted octanol–water partition coefficient (Wildman–Crippen LogP) is 8.27. The van der Waals surface area contributed by atoms with Crippen LogP contribution in [0.3, 0.4) is 0 Å². The predicted molar refractivity (Wildman–Crippen MR) is 178 cm³/mol. The number of carbonyl (C=O) groups excluding carboxylic acids is 1. The van der Waals surface area contributed by atoms with Crippen LogP contribution in [-0.2, 0) is 11.2 Å². The summed E-state index contributed by atoms with van der Waals surface area (Å²) in [4.78, 5) is 14.1. The van der Waals surface area contributed by atoms with Crippen LogP contribution in [0.1, 0.15) is 88.1 Å². The SMILES string of the molecule is C=C(C)C1=C(C)C[C@@]2(C)[C@H](O)[C@]3(C)C(=C(O)[C@@]2(O)C1=O)C(=C)c1c(ccc(CC2=CC(c4ccccc4)=C(C)C2)c1C)[C@H]3C. The van der Waals surface area contributed by atoms with E-state index >= 15 is 0 Å². The minimum atomic E-state index is -2.30. The molecule has 2 aromatic carbocycles. The molecule has 4 aliphatic carbocycles. The Bertz CT molecular complexity index is 1800. The van der Waals surface area contributed by atoms with Crippen LogP contribution in [0.15, 0.2) is 101 Å². The van der Waals surface area contributed by atoms with Crippen molar-refractivity contribution in [1.82, 2.24) is 0 Å². The number of ketones is 1. The van der Waals surface area contributed by atoms with Gasteiger partial charge in [0.15, 0.2) is 5.60 Å². The lowest BCUT2D eigenvalue weighted by Gasteiger charge is -2.61. The van der Waals surface area contributed by atoms with Crippen LogP contribution in [0.5, 0.6) is 0 Å². The fourth-order valence-electron chi connectivity index (χ4n) is 9.08. The number of aliphatic hydroxyl groups excluding tert-OH is 2. The summed E-state index contributed by atoms with van der Waals surface area (Å²) in [5.41, 5.74) is 7.37. The van der Waals surface area contributed by atoms with Gasteiger partial charge in [-0.1, -0.05) is 99.2 Å². The molecule has 3 N–H and O–H groups in total. The second-order valence-corrected chi connectivity index (χ2v) is 14.2. The molecule has 4 nitrogen and oxygen atoms in total. The molecule has 0 bridgehead atoms. The summed E-state index contributed by atoms with van der Waals surface area (Å²) in [5, 5.41) is 36.7. The first-order chi connectivity index (χ1) is 20.6. The molecule has 0 saturated heterocycles. The molecule has 0 aromatic heterocycles. The Hall–Kier alpha value is -3.73. The molecular formula is C40H44O4. The van der Waals surface area contributed by atoms with Crippen molar-refractivity contribution < 1.29 is 20.1 Å². The summed E-state index contributed by atoms with van der Waals surface area (Å²) in [6.07, 6.45) is 3.13. The van der Waals surface area contributed by atoms with Gasteiger partial charge in [-0.05, 0) is 97.4 Å². The Morgan fingerprint density at radius 2 is 1.70 bits per heavy atom. The molecule has 4 aliphatic rings. The molecule has 0 spiro atoms. The number of fused-ring (bicyclic) bond motifs is 3. The third kappa shape index (κ3) is 3.74. The quantitative estimate of drug-likeness (QED) is 0.336. The van der Waals surface area contributed by atoms with Crippen LogP contribution < -0.4 is 0 Å². The number of hydrogen-bond acceptors (Lipinski definition) is 4. The average Bonchev–Trinajstić information content (AvgIpc) is 3.34. The van der Waals surface area contributed by atoms with Gasteiger partial charge in [0.25, 0.3) is 0 Å². The molecule has 5 atom stereocenters. The fraction of sp³-hybridized carbons (Fsp3) is 0.375. The largest absolute Gasteiger partial charge is 0.508 e. The Balaban J connectivity index is 1.47. The maximum atomic E-state index is 14.1. The van der Waals surface area contributed by atoms with Crippen molar-refractivity contribution in [3.63, 3.8) is 0 Å². The first-order valence-electron chi connectivity index (χ1n) is 15.6. The second-order valence-electron chi connectivity index (χ2n) is 14.2. The molecule has 0 radical (unpaired) electrons. The maximum absolute atomic E-state index is 14.1. The van der Waals surface area contributed by atoms with Gasteiger partial charge in [0, 0.05) is 22.0 Å². The van der Waals surface area contributed by atoms with Gasteiger partial charge < -0.3 is 15.3 Å². The van der Waals surface area contributed by atoms with E-state index in [1.54, 1.807) is 13.8 Å². The molecule has 0 heterocycles. The first kappa shape index (κ1) is 30.3. The molecule has 0 aliphatic heterocycles. The van der Waals surface area contributed by atoms with E-state index in [1.165, 1.54) is 27.8 Å². The summed E-state index contributed by atoms with van der Waals surface area (Å²) in [6, 6.07) is 14.8. The van der Waals surface area contributed by atoms with Gasteiger partial charge in [-0.2, -0.15) is 0 Å². The number of Topliss-reactive ketones (excluding diaryl/α,β-unsaturated/α-hetero) is 1. The molecule has 0 saturated carbocycles. The summed E-state index contributed by atoms with van der Waals surface area (Å²) >= 11 is 0. The van der Waals surface area contributed by atoms with E-state index < -0.39 is 28.3 Å². The number of allylic oxidation sites excluding steroid dienone is 7. The minimum Gasteiger partial charge on any atom is -0.508 e. The number of benzene rings is 2. The lowest BCUT2D eigenvalue weighted by atomic mass is 9.44. The number of carbonyl (C=O) groups is 1. The van der Waals surface area contributed by atoms with Gasteiger partial charge in [0.2, 0.25) is 5.78 Å². The summed E-state index contributed by atoms with van der Waals surface area (Å²) in [6.45, 7) is 22.1. The van der Waals surface area contributed by atoms with Gasteiger partial charge in [-0.3, -0.25) is 4.79 Å². The van der Waals surface area contributed by atoms with Crippen LogP contribution in [0.25, 0.3) is 11.1 Å². The lowest BCUT2D eigenvalue weighted by molar-refractivity contribution is -0.188. The van der Waals surface area contributed by atoms with E-state index in [-0.39, 0.29) is 18.1 Å². The monoisotopic (exact) mass is 588 g/mol. The fourth-order valence-corrected chi connectivity index (χ4v) is 9.08. The third-order valence-corrected chi connectivity index (χ3v) is 11.5. The Kier molecular flexibility index (Phi) is 6.81. The number of rotatable bonds is 4. The molecule has 4 heteroatoms. The Labute approximate surface area is 261 Å². The highest BCUT2D eigenvalue weighted by molar-refractivity contribution is 6.10. The van der Waals surface area contributed by atoms with Crippen molar-refractivity contribution >= 4 is 16.9 Å². The standard InChI is InChI=1S/C40H44O4/c1-21(2)32-23(4)20-38(8)37(43)39(9)26(7)30-16-15-29(18-27-17-22(3)31(19-27)28-13-11-10-12-14-28)24(5)33(30)25(6)34(39)36(42)40(38,44)35(32)41/h10-16,19,26,37,42-44H,1,6,17-18,20H2,2-5,7-9H3/t26-,37+,38+,39+,40+/m1/s1.